The van der Waals surface area contributed by atoms with Crippen LogP contribution in [0.5, 0.6) is 0 Å². The summed E-state index contributed by atoms with van der Waals surface area (Å²) in [4.78, 5) is 2.49. The van der Waals surface area contributed by atoms with Crippen LogP contribution in [0.15, 0.2) is 0 Å². The van der Waals surface area contributed by atoms with E-state index in [-0.39, 0.29) is 0 Å². The number of likely N-dealkylation sites (tertiary alicyclic amines) is 1. The Morgan fingerprint density at radius 2 is 2.07 bits per heavy atom. The number of methoxy groups -OCH3 is 1. The average molecular weight is 197 g/mol. The molecule has 14 heavy (non-hydrogen) atoms. The molecular weight excluding hydrogens is 174 g/mol. The fraction of sp³-hybridized carbons (Fsp3) is 1.00. The van der Waals surface area contributed by atoms with Crippen molar-refractivity contribution < 1.29 is 4.74 Å². The summed E-state index contributed by atoms with van der Waals surface area (Å²) in [6.45, 7) is 2.53. The zero-order valence-corrected chi connectivity index (χ0v) is 9.54. The Balaban J connectivity index is 2.08. The van der Waals surface area contributed by atoms with Crippen LogP contribution in [-0.2, 0) is 4.74 Å². The van der Waals surface area contributed by atoms with Crippen LogP contribution in [0.25, 0.3) is 0 Å². The van der Waals surface area contributed by atoms with E-state index in [1.165, 1.54) is 45.2 Å². The van der Waals surface area contributed by atoms with Crippen molar-refractivity contribution in [2.75, 3.05) is 27.2 Å². The van der Waals surface area contributed by atoms with Gasteiger partial charge < -0.3 is 9.64 Å². The van der Waals surface area contributed by atoms with E-state index in [0.29, 0.717) is 6.10 Å². The highest BCUT2D eigenvalue weighted by molar-refractivity contribution is 4.83. The number of fused-ring (bicyclic) bond motifs is 3. The predicted molar refractivity (Wildman–Crippen MR) is 58.4 cm³/mol. The molecule has 2 nitrogen and oxygen atoms in total. The van der Waals surface area contributed by atoms with Crippen LogP contribution in [0.3, 0.4) is 0 Å². The van der Waals surface area contributed by atoms with Crippen molar-refractivity contribution in [2.24, 2.45) is 11.8 Å². The van der Waals surface area contributed by atoms with E-state index < -0.39 is 0 Å². The quantitative estimate of drug-likeness (QED) is 0.638. The summed E-state index contributed by atoms with van der Waals surface area (Å²) in [6.07, 6.45) is 7.45. The van der Waals surface area contributed by atoms with Crippen molar-refractivity contribution in [3.63, 3.8) is 0 Å². The molecular formula is C12H23NO. The van der Waals surface area contributed by atoms with Gasteiger partial charge in [0.1, 0.15) is 0 Å². The standard InChI is InChI=1S/C12H23NO/c1-13-7-6-10-4-3-5-11(9-13)12(8-10)14-2/h10-12H,3-9H2,1-2H3. The second-order valence-corrected chi connectivity index (χ2v) is 5.12. The molecule has 0 radical (unpaired) electrons. The Labute approximate surface area is 87.6 Å². The van der Waals surface area contributed by atoms with E-state index in [9.17, 15) is 0 Å². The smallest absolute Gasteiger partial charge is 0.0614 e. The third kappa shape index (κ3) is 2.29. The first-order chi connectivity index (χ1) is 6.79. The summed E-state index contributed by atoms with van der Waals surface area (Å²) in [5.74, 6) is 1.71. The van der Waals surface area contributed by atoms with Crippen molar-refractivity contribution >= 4 is 0 Å². The highest BCUT2D eigenvalue weighted by atomic mass is 16.5. The van der Waals surface area contributed by atoms with Crippen molar-refractivity contribution in [2.45, 2.75) is 38.2 Å². The van der Waals surface area contributed by atoms with E-state index in [2.05, 4.69) is 11.9 Å². The molecule has 3 atom stereocenters. The number of hydrogen-bond donors (Lipinski definition) is 0. The Kier molecular flexibility index (Phi) is 3.45. The normalized spacial score (nSPS) is 40.3. The second kappa shape index (κ2) is 4.63. The molecule has 3 unspecified atom stereocenters. The lowest BCUT2D eigenvalue weighted by Crippen LogP contribution is -2.37. The molecule has 0 amide bonds. The molecule has 1 aliphatic carbocycles. The van der Waals surface area contributed by atoms with Gasteiger partial charge in [0.15, 0.2) is 0 Å². The van der Waals surface area contributed by atoms with E-state index in [4.69, 9.17) is 4.74 Å². The van der Waals surface area contributed by atoms with Gasteiger partial charge in [-0.3, -0.25) is 0 Å². The first kappa shape index (κ1) is 10.4. The minimum Gasteiger partial charge on any atom is -0.381 e. The summed E-state index contributed by atoms with van der Waals surface area (Å²) in [6, 6.07) is 0. The van der Waals surface area contributed by atoms with Gasteiger partial charge in [0.05, 0.1) is 6.10 Å². The van der Waals surface area contributed by atoms with Crippen LogP contribution >= 0.6 is 0 Å². The number of rotatable bonds is 1. The second-order valence-electron chi connectivity index (χ2n) is 5.12. The molecule has 2 heteroatoms. The minimum atomic E-state index is 0.533. The molecule has 0 aromatic heterocycles. The van der Waals surface area contributed by atoms with Gasteiger partial charge in [-0.1, -0.05) is 12.8 Å². The van der Waals surface area contributed by atoms with Crippen LogP contribution < -0.4 is 0 Å². The molecule has 0 aromatic rings. The Morgan fingerprint density at radius 1 is 1.21 bits per heavy atom. The molecule has 2 fully saturated rings. The lowest BCUT2D eigenvalue weighted by atomic mass is 9.90. The lowest BCUT2D eigenvalue weighted by molar-refractivity contribution is 0.0154. The Bertz CT molecular complexity index is 183. The highest BCUT2D eigenvalue weighted by Gasteiger charge is 2.31. The molecule has 1 heterocycles. The molecule has 1 saturated heterocycles. The van der Waals surface area contributed by atoms with Gasteiger partial charge >= 0.3 is 0 Å². The zero-order chi connectivity index (χ0) is 9.97. The van der Waals surface area contributed by atoms with Gasteiger partial charge in [-0.05, 0) is 44.7 Å². The molecule has 1 saturated carbocycles. The summed E-state index contributed by atoms with van der Waals surface area (Å²) in [5, 5.41) is 0. The fourth-order valence-corrected chi connectivity index (χ4v) is 3.15. The number of hydrogen-bond acceptors (Lipinski definition) is 2. The predicted octanol–water partition coefficient (Wildman–Crippen LogP) is 2.14. The molecule has 2 bridgehead atoms. The summed E-state index contributed by atoms with van der Waals surface area (Å²) in [7, 11) is 4.15. The maximum Gasteiger partial charge on any atom is 0.0614 e. The molecule has 2 rings (SSSR count). The monoisotopic (exact) mass is 197 g/mol. The topological polar surface area (TPSA) is 12.5 Å². The van der Waals surface area contributed by atoms with Gasteiger partial charge in [0, 0.05) is 13.7 Å². The molecule has 0 spiro atoms. The van der Waals surface area contributed by atoms with Crippen molar-refractivity contribution in [1.29, 1.82) is 0 Å². The first-order valence-electron chi connectivity index (χ1n) is 6.01. The number of ether oxygens (including phenoxy) is 1. The number of nitrogens with zero attached hydrogens (tertiary/aromatic N) is 1. The van der Waals surface area contributed by atoms with Crippen LogP contribution in [0.4, 0.5) is 0 Å². The van der Waals surface area contributed by atoms with E-state index in [0.717, 1.165) is 11.8 Å². The van der Waals surface area contributed by atoms with E-state index in [1.54, 1.807) is 0 Å². The van der Waals surface area contributed by atoms with E-state index in [1.807, 2.05) is 7.11 Å². The SMILES string of the molecule is COC1CC2CCCC1CN(C)CC2. The molecule has 1 aliphatic heterocycles. The van der Waals surface area contributed by atoms with Gasteiger partial charge in [0.25, 0.3) is 0 Å². The van der Waals surface area contributed by atoms with Crippen LogP contribution in [0.2, 0.25) is 0 Å². The summed E-state index contributed by atoms with van der Waals surface area (Å²) < 4.78 is 5.66. The summed E-state index contributed by atoms with van der Waals surface area (Å²) in [5.41, 5.74) is 0. The first-order valence-corrected chi connectivity index (χ1v) is 6.01. The summed E-state index contributed by atoms with van der Waals surface area (Å²) >= 11 is 0. The highest BCUT2D eigenvalue weighted by Crippen LogP contribution is 2.33. The van der Waals surface area contributed by atoms with Crippen LogP contribution in [0.1, 0.15) is 32.1 Å². The lowest BCUT2D eigenvalue weighted by Gasteiger charge is -2.32. The van der Waals surface area contributed by atoms with Gasteiger partial charge in [-0.2, -0.15) is 0 Å². The van der Waals surface area contributed by atoms with Gasteiger partial charge in [0.2, 0.25) is 0 Å². The maximum absolute atomic E-state index is 5.66. The van der Waals surface area contributed by atoms with E-state index >= 15 is 0 Å². The van der Waals surface area contributed by atoms with Crippen LogP contribution in [0, 0.1) is 11.8 Å². The Hall–Kier alpha value is -0.0800. The zero-order valence-electron chi connectivity index (χ0n) is 9.54. The molecule has 0 N–H and O–H groups in total. The molecule has 2 aliphatic rings. The largest absolute Gasteiger partial charge is 0.381 e. The third-order valence-electron chi connectivity index (χ3n) is 4.05. The van der Waals surface area contributed by atoms with Crippen LogP contribution in [-0.4, -0.2) is 38.3 Å². The Morgan fingerprint density at radius 3 is 2.86 bits per heavy atom. The van der Waals surface area contributed by atoms with Gasteiger partial charge in [-0.25, -0.2) is 0 Å². The fourth-order valence-electron chi connectivity index (χ4n) is 3.15. The minimum absolute atomic E-state index is 0.533. The maximum atomic E-state index is 5.66. The van der Waals surface area contributed by atoms with Crippen molar-refractivity contribution in [3.8, 4) is 0 Å². The van der Waals surface area contributed by atoms with Gasteiger partial charge in [-0.15, -0.1) is 0 Å². The third-order valence-corrected chi connectivity index (χ3v) is 4.05. The average Bonchev–Trinajstić information content (AvgIpc) is 2.30. The van der Waals surface area contributed by atoms with Crippen molar-refractivity contribution in [3.05, 3.63) is 0 Å². The van der Waals surface area contributed by atoms with Crippen molar-refractivity contribution in [1.82, 2.24) is 4.90 Å². The molecule has 82 valence electrons. The molecule has 0 aromatic carbocycles.